The summed E-state index contributed by atoms with van der Waals surface area (Å²) < 4.78 is 0. The highest BCUT2D eigenvalue weighted by Gasteiger charge is 2.31. The number of amides is 1. The number of carboxylic acid groups (broad SMARTS) is 1. The SMILES string of the molecule is N/C=N\N1Cc2nc(-c3ccccc3)ccc2C(O)=C1C(=O)NCC(=O)O. The second-order valence-electron chi connectivity index (χ2n) is 5.65. The van der Waals surface area contributed by atoms with Gasteiger partial charge >= 0.3 is 5.97 Å². The van der Waals surface area contributed by atoms with E-state index in [1.54, 1.807) is 12.1 Å². The third-order valence-electron chi connectivity index (χ3n) is 3.90. The minimum atomic E-state index is -1.21. The molecule has 0 fully saturated rings. The van der Waals surface area contributed by atoms with Gasteiger partial charge in [0.05, 0.1) is 17.9 Å². The van der Waals surface area contributed by atoms with Crippen molar-refractivity contribution in [2.24, 2.45) is 10.8 Å². The van der Waals surface area contributed by atoms with Crippen molar-refractivity contribution in [3.8, 4) is 11.3 Å². The van der Waals surface area contributed by atoms with Crippen LogP contribution >= 0.6 is 0 Å². The number of fused-ring (bicyclic) bond motifs is 1. The van der Waals surface area contributed by atoms with Crippen molar-refractivity contribution in [2.45, 2.75) is 6.54 Å². The van der Waals surface area contributed by atoms with Gasteiger partial charge in [0.2, 0.25) is 0 Å². The van der Waals surface area contributed by atoms with E-state index in [0.29, 0.717) is 17.0 Å². The molecule has 138 valence electrons. The highest BCUT2D eigenvalue weighted by atomic mass is 16.4. The molecule has 0 radical (unpaired) electrons. The standard InChI is InChI=1S/C18H17N5O4/c19-10-21-23-9-14-12(17(26)16(23)18(27)20-8-15(24)25)6-7-13(22-14)11-4-2-1-3-5-11/h1-7,10,26H,8-9H2,(H2,19,21)(H,20,27)(H,24,25). The molecule has 1 aliphatic heterocycles. The number of aliphatic carboxylic acids is 1. The number of aromatic nitrogens is 1. The lowest BCUT2D eigenvalue weighted by Gasteiger charge is -2.27. The molecule has 1 aliphatic rings. The summed E-state index contributed by atoms with van der Waals surface area (Å²) in [5.74, 6) is -2.34. The number of nitrogens with zero attached hydrogens (tertiary/aromatic N) is 3. The van der Waals surface area contributed by atoms with Crippen molar-refractivity contribution in [3.63, 3.8) is 0 Å². The van der Waals surface area contributed by atoms with E-state index in [0.717, 1.165) is 11.9 Å². The Kier molecular flexibility index (Phi) is 5.02. The van der Waals surface area contributed by atoms with Gasteiger partial charge in [-0.2, -0.15) is 5.10 Å². The predicted octanol–water partition coefficient (Wildman–Crippen LogP) is 0.894. The lowest BCUT2D eigenvalue weighted by Crippen LogP contribution is -2.38. The number of pyridine rings is 1. The predicted molar refractivity (Wildman–Crippen MR) is 98.1 cm³/mol. The Morgan fingerprint density at radius 2 is 2.00 bits per heavy atom. The van der Waals surface area contributed by atoms with E-state index < -0.39 is 18.4 Å². The molecule has 1 aromatic heterocycles. The Balaban J connectivity index is 2.02. The Labute approximate surface area is 154 Å². The summed E-state index contributed by atoms with van der Waals surface area (Å²) in [6.45, 7) is -0.503. The van der Waals surface area contributed by atoms with E-state index in [4.69, 9.17) is 10.8 Å². The number of hydrogen-bond donors (Lipinski definition) is 4. The molecule has 5 N–H and O–H groups in total. The summed E-state index contributed by atoms with van der Waals surface area (Å²) >= 11 is 0. The molecule has 9 heteroatoms. The highest BCUT2D eigenvalue weighted by Crippen LogP contribution is 2.31. The zero-order chi connectivity index (χ0) is 19.4. The summed E-state index contributed by atoms with van der Waals surface area (Å²) in [6.07, 6.45) is 0.976. The van der Waals surface area contributed by atoms with Crippen molar-refractivity contribution < 1.29 is 19.8 Å². The zero-order valence-corrected chi connectivity index (χ0v) is 14.2. The van der Waals surface area contributed by atoms with Crippen LogP contribution in [0, 0.1) is 0 Å². The summed E-state index contributed by atoms with van der Waals surface area (Å²) in [5.41, 5.74) is 7.65. The molecular weight excluding hydrogens is 350 g/mol. The van der Waals surface area contributed by atoms with Crippen LogP contribution in [0.15, 0.2) is 53.3 Å². The number of hydrogen-bond acceptors (Lipinski definition) is 6. The molecule has 0 spiro atoms. The number of carboxylic acids is 1. The molecule has 0 saturated carbocycles. The first-order valence-electron chi connectivity index (χ1n) is 8.02. The fourth-order valence-electron chi connectivity index (χ4n) is 2.72. The molecule has 0 atom stereocenters. The molecular formula is C18H17N5O4. The van der Waals surface area contributed by atoms with Crippen LogP contribution in [0.5, 0.6) is 0 Å². The quantitative estimate of drug-likeness (QED) is 0.454. The van der Waals surface area contributed by atoms with Crippen molar-refractivity contribution in [2.75, 3.05) is 6.54 Å². The zero-order valence-electron chi connectivity index (χ0n) is 14.2. The van der Waals surface area contributed by atoms with Crippen LogP contribution in [0.1, 0.15) is 11.3 Å². The highest BCUT2D eigenvalue weighted by molar-refractivity contribution is 6.01. The van der Waals surface area contributed by atoms with Crippen molar-refractivity contribution in [1.82, 2.24) is 15.3 Å². The molecule has 0 bridgehead atoms. The average molecular weight is 367 g/mol. The lowest BCUT2D eigenvalue weighted by atomic mass is 10.0. The molecule has 27 heavy (non-hydrogen) atoms. The largest absolute Gasteiger partial charge is 0.505 e. The maximum Gasteiger partial charge on any atom is 0.322 e. The van der Waals surface area contributed by atoms with Gasteiger partial charge < -0.3 is 21.3 Å². The molecule has 1 amide bonds. The Bertz CT molecular complexity index is 940. The van der Waals surface area contributed by atoms with Crippen LogP contribution < -0.4 is 11.1 Å². The molecule has 0 aliphatic carbocycles. The first kappa shape index (κ1) is 17.9. The smallest absolute Gasteiger partial charge is 0.322 e. The fraction of sp³-hybridized carbons (Fsp3) is 0.111. The minimum Gasteiger partial charge on any atom is -0.505 e. The van der Waals surface area contributed by atoms with Gasteiger partial charge in [-0.25, -0.2) is 5.01 Å². The average Bonchev–Trinajstić information content (AvgIpc) is 2.67. The molecule has 0 unspecified atom stereocenters. The number of rotatable bonds is 5. The van der Waals surface area contributed by atoms with E-state index in [-0.39, 0.29) is 18.0 Å². The summed E-state index contributed by atoms with van der Waals surface area (Å²) in [5, 5.41) is 26.6. The maximum atomic E-state index is 12.3. The molecule has 3 rings (SSSR count). The van der Waals surface area contributed by atoms with Crippen LogP contribution in [0.4, 0.5) is 0 Å². The van der Waals surface area contributed by atoms with Gasteiger partial charge in [-0.15, -0.1) is 0 Å². The monoisotopic (exact) mass is 367 g/mol. The number of aliphatic hydroxyl groups excluding tert-OH is 1. The summed E-state index contributed by atoms with van der Waals surface area (Å²) in [6, 6.07) is 12.9. The summed E-state index contributed by atoms with van der Waals surface area (Å²) in [7, 11) is 0. The van der Waals surface area contributed by atoms with Gasteiger partial charge in [-0.05, 0) is 12.1 Å². The van der Waals surface area contributed by atoms with Gasteiger partial charge in [0.15, 0.2) is 11.5 Å². The second kappa shape index (κ2) is 7.56. The first-order chi connectivity index (χ1) is 13.0. The minimum absolute atomic E-state index is 0.0869. The van der Waals surface area contributed by atoms with Crippen LogP contribution in [-0.2, 0) is 16.1 Å². The normalized spacial score (nSPS) is 13.6. The number of benzene rings is 1. The van der Waals surface area contributed by atoms with Crippen LogP contribution in [0.25, 0.3) is 17.0 Å². The first-order valence-corrected chi connectivity index (χ1v) is 8.02. The van der Waals surface area contributed by atoms with Gasteiger partial charge in [0.1, 0.15) is 12.9 Å². The van der Waals surface area contributed by atoms with Crippen LogP contribution in [0.2, 0.25) is 0 Å². The van der Waals surface area contributed by atoms with E-state index in [1.165, 1.54) is 5.01 Å². The molecule has 9 nitrogen and oxygen atoms in total. The van der Waals surface area contributed by atoms with Crippen molar-refractivity contribution in [1.29, 1.82) is 0 Å². The van der Waals surface area contributed by atoms with Crippen LogP contribution in [0.3, 0.4) is 0 Å². The topological polar surface area (TPSA) is 141 Å². The fourth-order valence-corrected chi connectivity index (χ4v) is 2.72. The lowest BCUT2D eigenvalue weighted by molar-refractivity contribution is -0.137. The number of nitrogens with one attached hydrogen (secondary N) is 1. The summed E-state index contributed by atoms with van der Waals surface area (Å²) in [4.78, 5) is 27.6. The number of carbonyl (C=O) groups excluding carboxylic acids is 1. The molecule has 1 aromatic carbocycles. The van der Waals surface area contributed by atoms with Crippen molar-refractivity contribution >= 4 is 24.0 Å². The van der Waals surface area contributed by atoms with Gasteiger partial charge in [-0.3, -0.25) is 14.6 Å². The molecule has 0 saturated heterocycles. The van der Waals surface area contributed by atoms with E-state index >= 15 is 0 Å². The molecule has 2 aromatic rings. The maximum absolute atomic E-state index is 12.3. The molecule has 2 heterocycles. The number of hydrazone groups is 1. The van der Waals surface area contributed by atoms with Gasteiger partial charge in [0.25, 0.3) is 5.91 Å². The number of aliphatic hydroxyl groups is 1. The van der Waals surface area contributed by atoms with E-state index in [9.17, 15) is 14.7 Å². The van der Waals surface area contributed by atoms with E-state index in [2.05, 4.69) is 15.4 Å². The van der Waals surface area contributed by atoms with Gasteiger partial charge in [-0.1, -0.05) is 30.3 Å². The Morgan fingerprint density at radius 3 is 2.67 bits per heavy atom. The third-order valence-corrected chi connectivity index (χ3v) is 3.90. The third kappa shape index (κ3) is 3.71. The Hall–Kier alpha value is -3.88. The Morgan fingerprint density at radius 1 is 1.26 bits per heavy atom. The number of nitrogens with two attached hydrogens (primary N) is 1. The second-order valence-corrected chi connectivity index (χ2v) is 5.65. The number of carbonyl (C=O) groups is 2. The van der Waals surface area contributed by atoms with Gasteiger partial charge in [0, 0.05) is 11.1 Å². The van der Waals surface area contributed by atoms with Crippen molar-refractivity contribution in [3.05, 3.63) is 59.4 Å². The van der Waals surface area contributed by atoms with Crippen LogP contribution in [-0.4, -0.2) is 45.0 Å². The van der Waals surface area contributed by atoms with E-state index in [1.807, 2.05) is 30.3 Å².